The van der Waals surface area contributed by atoms with Crippen LogP contribution in [-0.2, 0) is 0 Å². The number of benzene rings is 5. The molecule has 192 valence electrons. The van der Waals surface area contributed by atoms with Gasteiger partial charge in [0.05, 0.1) is 32.4 Å². The van der Waals surface area contributed by atoms with Crippen molar-refractivity contribution in [1.29, 1.82) is 5.26 Å². The molecule has 41 heavy (non-hydrogen) atoms. The topological polar surface area (TPSA) is 28.7 Å². The lowest BCUT2D eigenvalue weighted by Crippen LogP contribution is -2.17. The summed E-state index contributed by atoms with van der Waals surface area (Å²) in [6.45, 7) is 0. The molecule has 0 saturated carbocycles. The van der Waals surface area contributed by atoms with Crippen LogP contribution in [0.5, 0.6) is 0 Å². The van der Waals surface area contributed by atoms with Crippen LogP contribution in [0.4, 0.5) is 0 Å². The van der Waals surface area contributed by atoms with Gasteiger partial charge in [0.25, 0.3) is 0 Å². The van der Waals surface area contributed by atoms with Gasteiger partial charge in [0.2, 0.25) is 0 Å². The number of para-hydroxylation sites is 2. The minimum atomic E-state index is -0.258. The Morgan fingerprint density at radius 3 is 1.93 bits per heavy atom. The highest BCUT2D eigenvalue weighted by atomic mass is 32.1. The molecule has 0 amide bonds. The van der Waals surface area contributed by atoms with Crippen molar-refractivity contribution in [3.8, 4) is 6.07 Å². The zero-order chi connectivity index (χ0) is 27.1. The van der Waals surface area contributed by atoms with Crippen molar-refractivity contribution in [2.24, 2.45) is 5.92 Å². The fourth-order valence-electron chi connectivity index (χ4n) is 6.81. The van der Waals surface area contributed by atoms with E-state index in [2.05, 4.69) is 132 Å². The van der Waals surface area contributed by atoms with Crippen LogP contribution in [0.2, 0.25) is 0 Å². The highest BCUT2D eigenvalue weighted by Gasteiger charge is 2.30. The molecular weight excluding hydrogens is 537 g/mol. The number of nitriles is 1. The summed E-state index contributed by atoms with van der Waals surface area (Å²) in [6, 6.07) is 40.0. The standard InChI is InChI=1S/C37H22N2S2/c38-21-23-8-7-14-32(39-30-12-4-1-9-24(30)25-10-2-5-13-31(25)39)35(23)22-16-19-34-29(20-22)28-18-17-27-26-11-3-6-15-33(26)40-36(27)37(28)41-34/h1-20,23,35H. The van der Waals surface area contributed by atoms with Gasteiger partial charge < -0.3 is 4.57 Å². The molecule has 4 heteroatoms. The molecule has 1 aliphatic carbocycles. The number of hydrogen-bond acceptors (Lipinski definition) is 3. The first kappa shape index (κ1) is 23.1. The van der Waals surface area contributed by atoms with E-state index in [1.54, 1.807) is 0 Å². The van der Waals surface area contributed by atoms with E-state index in [-0.39, 0.29) is 11.8 Å². The Labute approximate surface area is 244 Å². The lowest BCUT2D eigenvalue weighted by atomic mass is 9.80. The number of nitrogens with zero attached hydrogens (tertiary/aromatic N) is 2. The monoisotopic (exact) mass is 558 g/mol. The Morgan fingerprint density at radius 2 is 1.22 bits per heavy atom. The van der Waals surface area contributed by atoms with Gasteiger partial charge in [-0.1, -0.05) is 84.9 Å². The Hall–Kier alpha value is -4.69. The molecular formula is C37H22N2S2. The van der Waals surface area contributed by atoms with Crippen LogP contribution < -0.4 is 0 Å². The summed E-state index contributed by atoms with van der Waals surface area (Å²) in [7, 11) is 0. The molecule has 2 unspecified atom stereocenters. The second kappa shape index (κ2) is 8.65. The van der Waals surface area contributed by atoms with Gasteiger partial charge in [0, 0.05) is 53.3 Å². The van der Waals surface area contributed by atoms with E-state index in [0.29, 0.717) is 0 Å². The third-order valence-electron chi connectivity index (χ3n) is 8.62. The average molecular weight is 559 g/mol. The summed E-state index contributed by atoms with van der Waals surface area (Å²) in [5.74, 6) is -0.344. The van der Waals surface area contributed by atoms with E-state index in [9.17, 15) is 5.26 Å². The average Bonchev–Trinajstić information content (AvgIpc) is 3.70. The van der Waals surface area contributed by atoms with E-state index < -0.39 is 0 Å². The van der Waals surface area contributed by atoms with Crippen LogP contribution in [-0.4, -0.2) is 4.57 Å². The zero-order valence-corrected chi connectivity index (χ0v) is 23.5. The summed E-state index contributed by atoms with van der Waals surface area (Å²) in [5.41, 5.74) is 4.66. The predicted molar refractivity (Wildman–Crippen MR) is 177 cm³/mol. The van der Waals surface area contributed by atoms with Crippen LogP contribution in [0.15, 0.2) is 121 Å². The molecule has 2 nitrogen and oxygen atoms in total. The van der Waals surface area contributed by atoms with Crippen molar-refractivity contribution in [3.05, 3.63) is 127 Å². The number of allylic oxidation sites excluding steroid dienone is 4. The lowest BCUT2D eigenvalue weighted by molar-refractivity contribution is 0.705. The van der Waals surface area contributed by atoms with Gasteiger partial charge in [-0.3, -0.25) is 0 Å². The van der Waals surface area contributed by atoms with E-state index >= 15 is 0 Å². The second-order valence-corrected chi connectivity index (χ2v) is 12.9. The molecule has 9 rings (SSSR count). The molecule has 3 heterocycles. The van der Waals surface area contributed by atoms with Crippen LogP contribution in [0.25, 0.3) is 67.8 Å². The molecule has 5 aromatic carbocycles. The molecule has 0 aliphatic heterocycles. The van der Waals surface area contributed by atoms with Gasteiger partial charge in [0.15, 0.2) is 0 Å². The molecule has 0 radical (unpaired) electrons. The highest BCUT2D eigenvalue weighted by Crippen LogP contribution is 2.47. The first-order valence-corrected chi connectivity index (χ1v) is 15.5. The zero-order valence-electron chi connectivity index (χ0n) is 21.9. The van der Waals surface area contributed by atoms with Crippen molar-refractivity contribution >= 4 is 90.5 Å². The van der Waals surface area contributed by atoms with Gasteiger partial charge in [-0.15, -0.1) is 22.7 Å². The van der Waals surface area contributed by atoms with Crippen molar-refractivity contribution in [3.63, 3.8) is 0 Å². The maximum atomic E-state index is 10.4. The van der Waals surface area contributed by atoms with E-state index in [4.69, 9.17) is 0 Å². The minimum absolute atomic E-state index is 0.0865. The van der Waals surface area contributed by atoms with E-state index in [0.717, 1.165) is 5.70 Å². The maximum Gasteiger partial charge on any atom is 0.0770 e. The number of rotatable bonds is 2. The summed E-state index contributed by atoms with van der Waals surface area (Å²) in [4.78, 5) is 0. The van der Waals surface area contributed by atoms with Gasteiger partial charge in [0.1, 0.15) is 0 Å². The lowest BCUT2D eigenvalue weighted by Gasteiger charge is -2.28. The Bertz CT molecular complexity index is 2410. The fraction of sp³-hybridized carbons (Fsp3) is 0.0541. The SMILES string of the molecule is N#CC1C=CC=C(n2c3ccccc3c3ccccc32)C1c1ccc2sc3c(ccc4c5ccccc5sc43)c2c1. The predicted octanol–water partition coefficient (Wildman–Crippen LogP) is 10.9. The third-order valence-corrected chi connectivity index (χ3v) is 11.2. The fourth-order valence-corrected chi connectivity index (χ4v) is 9.33. The quantitative estimate of drug-likeness (QED) is 0.207. The number of thiophene rings is 2. The Morgan fingerprint density at radius 1 is 0.610 bits per heavy atom. The summed E-state index contributed by atoms with van der Waals surface area (Å²) < 4.78 is 7.72. The van der Waals surface area contributed by atoms with Crippen molar-refractivity contribution in [2.75, 3.05) is 0 Å². The summed E-state index contributed by atoms with van der Waals surface area (Å²) in [6.07, 6.45) is 6.31. The first-order chi connectivity index (χ1) is 20.3. The van der Waals surface area contributed by atoms with Crippen molar-refractivity contribution in [2.45, 2.75) is 5.92 Å². The molecule has 0 fully saturated rings. The van der Waals surface area contributed by atoms with Crippen LogP contribution in [0.3, 0.4) is 0 Å². The minimum Gasteiger partial charge on any atom is -0.312 e. The first-order valence-electron chi connectivity index (χ1n) is 13.8. The van der Waals surface area contributed by atoms with Crippen LogP contribution in [0.1, 0.15) is 11.5 Å². The molecule has 2 atom stereocenters. The van der Waals surface area contributed by atoms with Gasteiger partial charge >= 0.3 is 0 Å². The molecule has 8 aromatic rings. The van der Waals surface area contributed by atoms with Gasteiger partial charge in [-0.05, 0) is 42.0 Å². The number of hydrogen-bond donors (Lipinski definition) is 0. The van der Waals surface area contributed by atoms with Crippen molar-refractivity contribution in [1.82, 2.24) is 4.57 Å². The molecule has 1 aliphatic rings. The maximum absolute atomic E-state index is 10.4. The van der Waals surface area contributed by atoms with Crippen LogP contribution in [0, 0.1) is 17.2 Å². The van der Waals surface area contributed by atoms with Gasteiger partial charge in [-0.25, -0.2) is 0 Å². The molecule has 0 N–H and O–H groups in total. The van der Waals surface area contributed by atoms with Crippen molar-refractivity contribution < 1.29 is 0 Å². The Kier molecular flexibility index (Phi) is 4.87. The third kappa shape index (κ3) is 3.22. The van der Waals surface area contributed by atoms with Crippen LogP contribution >= 0.6 is 22.7 Å². The molecule has 0 saturated heterocycles. The number of fused-ring (bicyclic) bond motifs is 10. The van der Waals surface area contributed by atoms with Gasteiger partial charge in [-0.2, -0.15) is 5.26 Å². The summed E-state index contributed by atoms with van der Waals surface area (Å²) in [5, 5.41) is 18.1. The largest absolute Gasteiger partial charge is 0.312 e. The highest BCUT2D eigenvalue weighted by molar-refractivity contribution is 7.33. The molecule has 0 spiro atoms. The summed E-state index contributed by atoms with van der Waals surface area (Å²) >= 11 is 3.77. The molecule has 3 aromatic heterocycles. The Balaban J connectivity index is 1.28. The normalized spacial score (nSPS) is 17.3. The second-order valence-electron chi connectivity index (χ2n) is 10.8. The molecule has 0 bridgehead atoms. The van der Waals surface area contributed by atoms with E-state index in [1.807, 2.05) is 22.7 Å². The van der Waals surface area contributed by atoms with E-state index in [1.165, 1.54) is 67.7 Å². The smallest absolute Gasteiger partial charge is 0.0770 e. The number of aromatic nitrogens is 1.